The largest absolute Gasteiger partial charge is 0.435 e. The average Bonchev–Trinajstić information content (AvgIpc) is 2.67. The van der Waals surface area contributed by atoms with Crippen LogP contribution >= 0.6 is 0 Å². The smallest absolute Gasteiger partial charge is 0.387 e. The van der Waals surface area contributed by atoms with Gasteiger partial charge in [-0.25, -0.2) is 5.43 Å². The van der Waals surface area contributed by atoms with Crippen LogP contribution in [0.2, 0.25) is 0 Å². The van der Waals surface area contributed by atoms with Crippen molar-refractivity contribution < 1.29 is 23.1 Å². The number of hydrazone groups is 1. The summed E-state index contributed by atoms with van der Waals surface area (Å²) in [5.41, 5.74) is 2.74. The Balaban J connectivity index is 1.28. The highest BCUT2D eigenvalue weighted by Crippen LogP contribution is 2.60. The summed E-state index contributed by atoms with van der Waals surface area (Å²) in [4.78, 5) is 25.3. The predicted octanol–water partition coefficient (Wildman–Crippen LogP) is 3.46. The van der Waals surface area contributed by atoms with Gasteiger partial charge in [-0.05, 0) is 93.0 Å². The third kappa shape index (κ3) is 4.47. The molecule has 4 bridgehead atoms. The highest BCUT2D eigenvalue weighted by Gasteiger charge is 2.54. The summed E-state index contributed by atoms with van der Waals surface area (Å²) in [6.07, 6.45) is 8.01. The van der Waals surface area contributed by atoms with E-state index in [-0.39, 0.29) is 17.1 Å². The minimum atomic E-state index is -2.88. The Kier molecular flexibility index (Phi) is 5.75. The molecule has 0 aliphatic heterocycles. The SMILES string of the molecule is CC(NC(=O)C12CC3CC(CC(C3)C1)C2)C(=O)N/N=C/c1ccc(OC(F)F)cc1. The Labute approximate surface area is 174 Å². The molecule has 0 aromatic heterocycles. The van der Waals surface area contributed by atoms with E-state index in [0.717, 1.165) is 19.3 Å². The van der Waals surface area contributed by atoms with Gasteiger partial charge in [-0.15, -0.1) is 0 Å². The van der Waals surface area contributed by atoms with Crippen LogP contribution in [0.5, 0.6) is 5.75 Å². The van der Waals surface area contributed by atoms with Gasteiger partial charge in [0.2, 0.25) is 5.91 Å². The van der Waals surface area contributed by atoms with E-state index in [2.05, 4.69) is 20.6 Å². The Morgan fingerprint density at radius 3 is 2.20 bits per heavy atom. The van der Waals surface area contributed by atoms with Gasteiger partial charge in [-0.2, -0.15) is 13.9 Å². The van der Waals surface area contributed by atoms with Gasteiger partial charge in [0.15, 0.2) is 0 Å². The third-order valence-corrected chi connectivity index (χ3v) is 6.75. The number of carbonyl (C=O) groups is 2. The molecule has 8 heteroatoms. The first-order valence-electron chi connectivity index (χ1n) is 10.5. The molecule has 0 spiro atoms. The molecule has 4 saturated carbocycles. The molecule has 30 heavy (non-hydrogen) atoms. The van der Waals surface area contributed by atoms with Gasteiger partial charge in [0.25, 0.3) is 5.91 Å². The van der Waals surface area contributed by atoms with Crippen LogP contribution in [0.15, 0.2) is 29.4 Å². The fourth-order valence-corrected chi connectivity index (χ4v) is 5.81. The van der Waals surface area contributed by atoms with E-state index in [0.29, 0.717) is 23.3 Å². The van der Waals surface area contributed by atoms with E-state index in [4.69, 9.17) is 0 Å². The quantitative estimate of drug-likeness (QED) is 0.525. The highest BCUT2D eigenvalue weighted by molar-refractivity contribution is 5.90. The number of alkyl halides is 2. The second-order valence-electron chi connectivity index (χ2n) is 9.07. The average molecular weight is 419 g/mol. The zero-order chi connectivity index (χ0) is 21.3. The Morgan fingerprint density at radius 2 is 1.67 bits per heavy atom. The Bertz CT molecular complexity index is 790. The van der Waals surface area contributed by atoms with Gasteiger partial charge in [-0.1, -0.05) is 0 Å². The zero-order valence-electron chi connectivity index (χ0n) is 16.9. The molecule has 0 radical (unpaired) electrons. The van der Waals surface area contributed by atoms with E-state index in [9.17, 15) is 18.4 Å². The molecular weight excluding hydrogens is 392 g/mol. The van der Waals surface area contributed by atoms with Crippen molar-refractivity contribution >= 4 is 18.0 Å². The van der Waals surface area contributed by atoms with Gasteiger partial charge in [-0.3, -0.25) is 9.59 Å². The lowest BCUT2D eigenvalue weighted by Crippen LogP contribution is -2.56. The molecule has 4 aliphatic rings. The normalized spacial score (nSPS) is 30.5. The zero-order valence-corrected chi connectivity index (χ0v) is 16.9. The van der Waals surface area contributed by atoms with Crippen molar-refractivity contribution in [2.75, 3.05) is 0 Å². The second kappa shape index (κ2) is 8.32. The van der Waals surface area contributed by atoms with Gasteiger partial charge >= 0.3 is 6.61 Å². The third-order valence-electron chi connectivity index (χ3n) is 6.75. The molecule has 5 rings (SSSR count). The molecule has 162 valence electrons. The van der Waals surface area contributed by atoms with Crippen molar-refractivity contribution in [1.29, 1.82) is 0 Å². The Hall–Kier alpha value is -2.51. The van der Waals surface area contributed by atoms with Gasteiger partial charge in [0.1, 0.15) is 11.8 Å². The van der Waals surface area contributed by atoms with Gasteiger partial charge < -0.3 is 10.1 Å². The van der Waals surface area contributed by atoms with E-state index < -0.39 is 18.6 Å². The first-order valence-corrected chi connectivity index (χ1v) is 10.5. The topological polar surface area (TPSA) is 79.8 Å². The van der Waals surface area contributed by atoms with E-state index >= 15 is 0 Å². The lowest BCUT2D eigenvalue weighted by molar-refractivity contribution is -0.148. The summed E-state index contributed by atoms with van der Waals surface area (Å²) in [6, 6.07) is 5.19. The minimum absolute atomic E-state index is 0.00264. The summed E-state index contributed by atoms with van der Waals surface area (Å²) >= 11 is 0. The molecule has 0 saturated heterocycles. The highest BCUT2D eigenvalue weighted by atomic mass is 19.3. The summed E-state index contributed by atoms with van der Waals surface area (Å²) in [5.74, 6) is 1.63. The van der Waals surface area contributed by atoms with Crippen LogP contribution in [-0.2, 0) is 9.59 Å². The monoisotopic (exact) mass is 419 g/mol. The lowest BCUT2D eigenvalue weighted by atomic mass is 9.49. The van der Waals surface area contributed by atoms with E-state index in [1.165, 1.54) is 37.6 Å². The van der Waals surface area contributed by atoms with Crippen molar-refractivity contribution in [3.8, 4) is 5.75 Å². The molecule has 4 fully saturated rings. The van der Waals surface area contributed by atoms with Crippen molar-refractivity contribution in [3.63, 3.8) is 0 Å². The van der Waals surface area contributed by atoms with Crippen molar-refractivity contribution in [2.24, 2.45) is 28.3 Å². The van der Waals surface area contributed by atoms with Crippen LogP contribution in [-0.4, -0.2) is 30.7 Å². The lowest BCUT2D eigenvalue weighted by Gasteiger charge is -2.55. The fourth-order valence-electron chi connectivity index (χ4n) is 5.81. The van der Waals surface area contributed by atoms with Gasteiger partial charge in [0, 0.05) is 5.41 Å². The number of hydrogen-bond acceptors (Lipinski definition) is 4. The summed E-state index contributed by atoms with van der Waals surface area (Å²) in [7, 11) is 0. The van der Waals surface area contributed by atoms with Gasteiger partial charge in [0.05, 0.1) is 6.21 Å². The molecule has 1 unspecified atom stereocenters. The van der Waals surface area contributed by atoms with Crippen molar-refractivity contribution in [1.82, 2.24) is 10.7 Å². The number of ether oxygens (including phenoxy) is 1. The molecule has 4 aliphatic carbocycles. The number of nitrogens with one attached hydrogen (secondary N) is 2. The van der Waals surface area contributed by atoms with Crippen LogP contribution in [0.4, 0.5) is 8.78 Å². The van der Waals surface area contributed by atoms with E-state index in [1.807, 2.05) is 0 Å². The number of hydrogen-bond donors (Lipinski definition) is 2. The summed E-state index contributed by atoms with van der Waals surface area (Å²) in [6.45, 7) is -1.22. The first kappa shape index (κ1) is 20.8. The van der Waals surface area contributed by atoms with Crippen molar-refractivity contribution in [2.45, 2.75) is 58.1 Å². The first-order chi connectivity index (χ1) is 14.3. The van der Waals surface area contributed by atoms with Crippen LogP contribution in [0.1, 0.15) is 51.0 Å². The number of halogens is 2. The number of carbonyl (C=O) groups excluding carboxylic acids is 2. The molecular formula is C22H27F2N3O3. The summed E-state index contributed by atoms with van der Waals surface area (Å²) in [5, 5.41) is 6.79. The molecule has 2 N–H and O–H groups in total. The molecule has 1 aromatic carbocycles. The number of rotatable bonds is 7. The molecule has 2 amide bonds. The number of benzene rings is 1. The molecule has 1 aromatic rings. The maximum absolute atomic E-state index is 13.0. The standard InChI is InChI=1S/C22H27F2N3O3/c1-13(19(28)27-25-12-14-2-4-18(5-3-14)30-21(23)24)26-20(29)22-9-15-6-16(10-22)8-17(7-15)11-22/h2-5,12-13,15-17,21H,6-11H2,1H3,(H,26,29)(H,27,28)/b25-12+. The van der Waals surface area contributed by atoms with Crippen LogP contribution in [0, 0.1) is 23.2 Å². The van der Waals surface area contributed by atoms with E-state index in [1.54, 1.807) is 19.1 Å². The fraction of sp³-hybridized carbons (Fsp3) is 0.591. The maximum atomic E-state index is 13.0. The predicted molar refractivity (Wildman–Crippen MR) is 107 cm³/mol. The second-order valence-corrected chi connectivity index (χ2v) is 9.07. The van der Waals surface area contributed by atoms with Crippen LogP contribution < -0.4 is 15.5 Å². The molecule has 6 nitrogen and oxygen atoms in total. The minimum Gasteiger partial charge on any atom is -0.435 e. The maximum Gasteiger partial charge on any atom is 0.387 e. The number of nitrogens with zero attached hydrogens (tertiary/aromatic N) is 1. The summed E-state index contributed by atoms with van der Waals surface area (Å²) < 4.78 is 28.6. The Morgan fingerprint density at radius 1 is 1.10 bits per heavy atom. The van der Waals surface area contributed by atoms with Crippen LogP contribution in [0.3, 0.4) is 0 Å². The molecule has 0 heterocycles. The number of amides is 2. The van der Waals surface area contributed by atoms with Crippen LogP contribution in [0.25, 0.3) is 0 Å². The molecule has 1 atom stereocenters. The van der Waals surface area contributed by atoms with Crippen molar-refractivity contribution in [3.05, 3.63) is 29.8 Å².